The number of nitrogens with zero attached hydrogens (tertiary/aromatic N) is 1. The SMILES string of the molecule is CCOC(=O)c1ccc[n+](OC)c1. The van der Waals surface area contributed by atoms with Crippen molar-refractivity contribution in [1.29, 1.82) is 0 Å². The molecule has 13 heavy (non-hydrogen) atoms. The first-order valence-electron chi connectivity index (χ1n) is 4.01. The minimum absolute atomic E-state index is 0.339. The normalized spacial score (nSPS) is 9.38. The highest BCUT2D eigenvalue weighted by Crippen LogP contribution is 1.96. The first kappa shape index (κ1) is 9.51. The van der Waals surface area contributed by atoms with Gasteiger partial charge in [0.05, 0.1) is 6.61 Å². The molecule has 0 spiro atoms. The maximum atomic E-state index is 11.2. The second-order valence-electron chi connectivity index (χ2n) is 2.36. The summed E-state index contributed by atoms with van der Waals surface area (Å²) in [5, 5.41) is 0. The number of carbonyl (C=O) groups excluding carboxylic acids is 1. The largest absolute Gasteiger partial charge is 0.462 e. The summed E-state index contributed by atoms with van der Waals surface area (Å²) in [5.41, 5.74) is 0.478. The van der Waals surface area contributed by atoms with E-state index in [9.17, 15) is 4.79 Å². The summed E-state index contributed by atoms with van der Waals surface area (Å²) in [5.74, 6) is -0.339. The molecule has 1 rings (SSSR count). The lowest BCUT2D eigenvalue weighted by Crippen LogP contribution is -2.40. The maximum Gasteiger partial charge on any atom is 0.344 e. The van der Waals surface area contributed by atoms with Gasteiger partial charge in [0.2, 0.25) is 12.4 Å². The molecule has 4 nitrogen and oxygen atoms in total. The van der Waals surface area contributed by atoms with E-state index in [2.05, 4.69) is 0 Å². The van der Waals surface area contributed by atoms with E-state index >= 15 is 0 Å². The first-order valence-corrected chi connectivity index (χ1v) is 4.01. The van der Waals surface area contributed by atoms with Crippen LogP contribution in [0.25, 0.3) is 0 Å². The van der Waals surface area contributed by atoms with Gasteiger partial charge in [-0.2, -0.15) is 0 Å². The highest BCUT2D eigenvalue weighted by Gasteiger charge is 2.11. The summed E-state index contributed by atoms with van der Waals surface area (Å²) < 4.78 is 6.26. The van der Waals surface area contributed by atoms with Gasteiger partial charge in [0.15, 0.2) is 0 Å². The molecule has 1 aromatic rings. The van der Waals surface area contributed by atoms with E-state index in [4.69, 9.17) is 9.57 Å². The zero-order chi connectivity index (χ0) is 9.68. The van der Waals surface area contributed by atoms with Crippen molar-refractivity contribution >= 4 is 5.97 Å². The van der Waals surface area contributed by atoms with E-state index in [1.165, 1.54) is 11.8 Å². The summed E-state index contributed by atoms with van der Waals surface area (Å²) in [4.78, 5) is 16.1. The van der Waals surface area contributed by atoms with Gasteiger partial charge in [0.1, 0.15) is 12.7 Å². The van der Waals surface area contributed by atoms with Crippen LogP contribution in [0, 0.1) is 0 Å². The minimum Gasteiger partial charge on any atom is -0.462 e. The maximum absolute atomic E-state index is 11.2. The van der Waals surface area contributed by atoms with Crippen molar-refractivity contribution in [1.82, 2.24) is 0 Å². The predicted molar refractivity (Wildman–Crippen MR) is 45.1 cm³/mol. The predicted octanol–water partition coefficient (Wildman–Crippen LogP) is 0.209. The molecule has 0 N–H and O–H groups in total. The van der Waals surface area contributed by atoms with Gasteiger partial charge in [0, 0.05) is 10.8 Å². The van der Waals surface area contributed by atoms with Crippen LogP contribution in [0.2, 0.25) is 0 Å². The number of aromatic nitrogens is 1. The molecule has 0 saturated carbocycles. The number of rotatable bonds is 3. The molecule has 0 radical (unpaired) electrons. The van der Waals surface area contributed by atoms with Crippen LogP contribution >= 0.6 is 0 Å². The standard InChI is InChI=1S/C9H12NO3/c1-3-13-9(11)8-5-4-6-10(7-8)12-2/h4-7H,3H2,1-2H3/q+1. The van der Waals surface area contributed by atoms with Crippen LogP contribution in [0.3, 0.4) is 0 Å². The molecule has 0 atom stereocenters. The molecule has 0 fully saturated rings. The molecule has 0 unspecified atom stereocenters. The van der Waals surface area contributed by atoms with Crippen molar-refractivity contribution in [2.24, 2.45) is 0 Å². The minimum atomic E-state index is -0.339. The fourth-order valence-corrected chi connectivity index (χ4v) is 0.903. The molecule has 0 saturated heterocycles. The van der Waals surface area contributed by atoms with Crippen LogP contribution in [0.4, 0.5) is 0 Å². The Morgan fingerprint density at radius 2 is 2.38 bits per heavy atom. The highest BCUT2D eigenvalue weighted by molar-refractivity contribution is 5.88. The van der Waals surface area contributed by atoms with Crippen molar-refractivity contribution in [2.75, 3.05) is 13.7 Å². The molecule has 0 bridgehead atoms. The smallest absolute Gasteiger partial charge is 0.344 e. The van der Waals surface area contributed by atoms with Crippen molar-refractivity contribution in [3.05, 3.63) is 30.1 Å². The zero-order valence-corrected chi connectivity index (χ0v) is 7.69. The number of esters is 1. The van der Waals surface area contributed by atoms with Gasteiger partial charge < -0.3 is 4.74 Å². The third-order valence-corrected chi connectivity index (χ3v) is 1.50. The van der Waals surface area contributed by atoms with E-state index in [1.807, 2.05) is 0 Å². The fourth-order valence-electron chi connectivity index (χ4n) is 0.903. The van der Waals surface area contributed by atoms with Crippen LogP contribution in [-0.4, -0.2) is 19.7 Å². The van der Waals surface area contributed by atoms with Crippen molar-refractivity contribution in [3.8, 4) is 0 Å². The van der Waals surface area contributed by atoms with Gasteiger partial charge >= 0.3 is 5.97 Å². The Bertz CT molecular complexity index is 299. The van der Waals surface area contributed by atoms with Crippen molar-refractivity contribution in [3.63, 3.8) is 0 Å². The molecule has 0 aromatic carbocycles. The lowest BCUT2D eigenvalue weighted by Gasteiger charge is -1.98. The molecular formula is C9H12NO3+. The number of pyridine rings is 1. The second kappa shape index (κ2) is 4.45. The lowest BCUT2D eigenvalue weighted by atomic mass is 10.3. The van der Waals surface area contributed by atoms with Gasteiger partial charge in [-0.3, -0.25) is 4.84 Å². The number of carbonyl (C=O) groups is 1. The molecular weight excluding hydrogens is 170 g/mol. The lowest BCUT2D eigenvalue weighted by molar-refractivity contribution is -0.885. The Morgan fingerprint density at radius 1 is 1.62 bits per heavy atom. The van der Waals surface area contributed by atoms with Gasteiger partial charge in [-0.1, -0.05) is 0 Å². The Kier molecular flexibility index (Phi) is 3.25. The van der Waals surface area contributed by atoms with Gasteiger partial charge in [0.25, 0.3) is 0 Å². The van der Waals surface area contributed by atoms with E-state index in [0.29, 0.717) is 12.2 Å². The summed E-state index contributed by atoms with van der Waals surface area (Å²) in [6.07, 6.45) is 3.26. The summed E-state index contributed by atoms with van der Waals surface area (Å²) >= 11 is 0. The molecule has 0 aliphatic rings. The van der Waals surface area contributed by atoms with Crippen LogP contribution in [0.1, 0.15) is 17.3 Å². The van der Waals surface area contributed by atoms with E-state index in [-0.39, 0.29) is 5.97 Å². The quantitative estimate of drug-likeness (QED) is 0.495. The van der Waals surface area contributed by atoms with Gasteiger partial charge in [-0.05, 0) is 13.0 Å². The zero-order valence-electron chi connectivity index (χ0n) is 7.69. The third kappa shape index (κ3) is 2.43. The van der Waals surface area contributed by atoms with Crippen LogP contribution in [0.5, 0.6) is 0 Å². The van der Waals surface area contributed by atoms with E-state index in [0.717, 1.165) is 0 Å². The topological polar surface area (TPSA) is 39.4 Å². The summed E-state index contributed by atoms with van der Waals surface area (Å²) in [7, 11) is 1.52. The van der Waals surface area contributed by atoms with E-state index < -0.39 is 0 Å². The molecule has 0 aliphatic carbocycles. The van der Waals surface area contributed by atoms with Crippen LogP contribution < -0.4 is 9.57 Å². The molecule has 4 heteroatoms. The highest BCUT2D eigenvalue weighted by atomic mass is 16.6. The Balaban J connectivity index is 2.82. The molecule has 0 aliphatic heterocycles. The first-order chi connectivity index (χ1) is 6.27. The molecule has 1 aromatic heterocycles. The monoisotopic (exact) mass is 182 g/mol. The van der Waals surface area contributed by atoms with Crippen LogP contribution in [-0.2, 0) is 4.74 Å². The summed E-state index contributed by atoms with van der Waals surface area (Å²) in [6, 6.07) is 3.39. The Morgan fingerprint density at radius 3 is 3.00 bits per heavy atom. The van der Waals surface area contributed by atoms with Crippen molar-refractivity contribution in [2.45, 2.75) is 6.92 Å². The van der Waals surface area contributed by atoms with E-state index in [1.54, 1.807) is 31.5 Å². The molecule has 1 heterocycles. The second-order valence-corrected chi connectivity index (χ2v) is 2.36. The van der Waals surface area contributed by atoms with Gasteiger partial charge in [-0.25, -0.2) is 4.79 Å². The average Bonchev–Trinajstić information content (AvgIpc) is 2.18. The third-order valence-electron chi connectivity index (χ3n) is 1.50. The Labute approximate surface area is 76.7 Å². The average molecular weight is 182 g/mol. The number of hydrogen-bond donors (Lipinski definition) is 0. The Hall–Kier alpha value is -1.58. The summed E-state index contributed by atoms with van der Waals surface area (Å²) in [6.45, 7) is 2.14. The van der Waals surface area contributed by atoms with Crippen LogP contribution in [0.15, 0.2) is 24.5 Å². The number of ether oxygens (including phenoxy) is 1. The number of hydrogen-bond acceptors (Lipinski definition) is 3. The van der Waals surface area contributed by atoms with Crippen molar-refractivity contribution < 1.29 is 19.1 Å². The fraction of sp³-hybridized carbons (Fsp3) is 0.333. The molecule has 0 amide bonds. The van der Waals surface area contributed by atoms with Gasteiger partial charge in [-0.15, -0.1) is 0 Å². The molecule has 70 valence electrons.